The molecule has 1 aromatic heterocycles. The van der Waals surface area contributed by atoms with E-state index in [1.807, 2.05) is 24.3 Å². The maximum Gasteiger partial charge on any atom is 0.122 e. The molecule has 0 aliphatic carbocycles. The van der Waals surface area contributed by atoms with Crippen molar-refractivity contribution in [3.8, 4) is 5.75 Å². The number of fused-ring (bicyclic) bond motifs is 1. The van der Waals surface area contributed by atoms with Crippen LogP contribution in [0.2, 0.25) is 0 Å². The van der Waals surface area contributed by atoms with E-state index in [1.165, 1.54) is 11.1 Å². The molecular formula is C21H27N3O. The van der Waals surface area contributed by atoms with E-state index < -0.39 is 0 Å². The highest BCUT2D eigenvalue weighted by atomic mass is 16.5. The van der Waals surface area contributed by atoms with Crippen LogP contribution in [0.15, 0.2) is 48.5 Å². The molecule has 25 heavy (non-hydrogen) atoms. The summed E-state index contributed by atoms with van der Waals surface area (Å²) < 4.78 is 8.24. The number of ether oxygens (including phenoxy) is 1. The van der Waals surface area contributed by atoms with E-state index in [2.05, 4.69) is 35.8 Å². The molecule has 0 saturated carbocycles. The highest BCUT2D eigenvalue weighted by Crippen LogP contribution is 2.19. The number of rotatable bonds is 9. The van der Waals surface area contributed by atoms with E-state index in [-0.39, 0.29) is 0 Å². The Balaban J connectivity index is 1.58. The van der Waals surface area contributed by atoms with Crippen molar-refractivity contribution in [2.75, 3.05) is 13.2 Å². The molecule has 3 aromatic rings. The van der Waals surface area contributed by atoms with Gasteiger partial charge in [0.05, 0.1) is 17.6 Å². The zero-order chi connectivity index (χ0) is 17.5. The van der Waals surface area contributed by atoms with Crippen LogP contribution in [0.1, 0.15) is 30.7 Å². The van der Waals surface area contributed by atoms with Gasteiger partial charge in [0.1, 0.15) is 11.6 Å². The maximum atomic E-state index is 5.90. The summed E-state index contributed by atoms with van der Waals surface area (Å²) in [5, 5.41) is 0. The molecule has 0 aliphatic rings. The number of nitrogens with zero attached hydrogens (tertiary/aromatic N) is 2. The molecule has 0 atom stereocenters. The van der Waals surface area contributed by atoms with Crippen molar-refractivity contribution < 1.29 is 4.74 Å². The number of aromatic nitrogens is 2. The third-order valence-electron chi connectivity index (χ3n) is 4.47. The molecule has 0 amide bonds. The lowest BCUT2D eigenvalue weighted by molar-refractivity contribution is 0.301. The minimum absolute atomic E-state index is 0.702. The van der Waals surface area contributed by atoms with Gasteiger partial charge in [-0.1, -0.05) is 30.3 Å². The smallest absolute Gasteiger partial charge is 0.122 e. The van der Waals surface area contributed by atoms with Crippen LogP contribution in [0.5, 0.6) is 5.75 Å². The van der Waals surface area contributed by atoms with Crippen LogP contribution in [-0.4, -0.2) is 22.7 Å². The number of imidazole rings is 1. The Morgan fingerprint density at radius 2 is 1.80 bits per heavy atom. The van der Waals surface area contributed by atoms with Gasteiger partial charge in [-0.2, -0.15) is 0 Å². The second kappa shape index (κ2) is 8.67. The van der Waals surface area contributed by atoms with Gasteiger partial charge in [-0.3, -0.25) is 0 Å². The predicted octanol–water partition coefficient (Wildman–Crippen LogP) is 4.10. The molecule has 0 unspecified atom stereocenters. The molecule has 132 valence electrons. The molecule has 0 fully saturated rings. The van der Waals surface area contributed by atoms with E-state index in [4.69, 9.17) is 15.5 Å². The largest absolute Gasteiger partial charge is 0.493 e. The summed E-state index contributed by atoms with van der Waals surface area (Å²) in [6.07, 6.45) is 4.00. The van der Waals surface area contributed by atoms with Gasteiger partial charge in [0.2, 0.25) is 0 Å². The third kappa shape index (κ3) is 4.40. The molecule has 0 aliphatic heterocycles. The van der Waals surface area contributed by atoms with Gasteiger partial charge in [0, 0.05) is 13.0 Å². The third-order valence-corrected chi connectivity index (χ3v) is 4.47. The second-order valence-electron chi connectivity index (χ2n) is 6.38. The fraction of sp³-hybridized carbons (Fsp3) is 0.381. The molecule has 2 N–H and O–H groups in total. The first-order valence-electron chi connectivity index (χ1n) is 9.12. The zero-order valence-corrected chi connectivity index (χ0v) is 14.9. The molecule has 0 bridgehead atoms. The molecule has 4 heteroatoms. The Morgan fingerprint density at radius 3 is 2.64 bits per heavy atom. The first kappa shape index (κ1) is 17.5. The Labute approximate surface area is 149 Å². The van der Waals surface area contributed by atoms with Gasteiger partial charge < -0.3 is 15.0 Å². The van der Waals surface area contributed by atoms with E-state index in [9.17, 15) is 0 Å². The summed E-state index contributed by atoms with van der Waals surface area (Å²) in [5.41, 5.74) is 9.15. The van der Waals surface area contributed by atoms with Crippen molar-refractivity contribution in [1.82, 2.24) is 9.55 Å². The van der Waals surface area contributed by atoms with Crippen molar-refractivity contribution in [1.29, 1.82) is 0 Å². The maximum absolute atomic E-state index is 5.90. The number of nitrogens with two attached hydrogens (primary N) is 1. The first-order valence-corrected chi connectivity index (χ1v) is 9.12. The highest BCUT2D eigenvalue weighted by Gasteiger charge is 2.09. The van der Waals surface area contributed by atoms with Crippen LogP contribution in [0.3, 0.4) is 0 Å². The lowest BCUT2D eigenvalue weighted by Crippen LogP contribution is -2.08. The Kier molecular flexibility index (Phi) is 6.07. The van der Waals surface area contributed by atoms with Crippen LogP contribution in [0.4, 0.5) is 0 Å². The fourth-order valence-corrected chi connectivity index (χ4v) is 3.10. The molecule has 3 rings (SSSR count). The van der Waals surface area contributed by atoms with E-state index in [0.29, 0.717) is 6.54 Å². The van der Waals surface area contributed by atoms with Crippen molar-refractivity contribution in [2.24, 2.45) is 5.73 Å². The lowest BCUT2D eigenvalue weighted by atomic mass is 10.2. The minimum atomic E-state index is 0.702. The fourth-order valence-electron chi connectivity index (χ4n) is 3.10. The van der Waals surface area contributed by atoms with Gasteiger partial charge in [-0.05, 0) is 56.5 Å². The van der Waals surface area contributed by atoms with Gasteiger partial charge in [-0.25, -0.2) is 4.98 Å². The van der Waals surface area contributed by atoms with E-state index in [0.717, 1.165) is 55.9 Å². The van der Waals surface area contributed by atoms with Crippen molar-refractivity contribution in [2.45, 2.75) is 39.2 Å². The standard InChI is InChI=1S/C21H27N3O/c1-17-9-2-5-12-20(17)25-16-7-6-15-24-19-11-4-3-10-18(19)23-21(24)13-8-14-22/h2-5,9-12H,6-8,13-16,22H2,1H3. The zero-order valence-electron chi connectivity index (χ0n) is 14.9. The number of para-hydroxylation sites is 3. The normalized spacial score (nSPS) is 11.1. The topological polar surface area (TPSA) is 53.1 Å². The van der Waals surface area contributed by atoms with Gasteiger partial charge in [0.15, 0.2) is 0 Å². The summed E-state index contributed by atoms with van der Waals surface area (Å²) in [5.74, 6) is 2.13. The van der Waals surface area contributed by atoms with Gasteiger partial charge in [0.25, 0.3) is 0 Å². The van der Waals surface area contributed by atoms with Crippen LogP contribution >= 0.6 is 0 Å². The SMILES string of the molecule is Cc1ccccc1OCCCCn1c(CCCN)nc2ccccc21. The average molecular weight is 337 g/mol. The van der Waals surface area contributed by atoms with E-state index in [1.54, 1.807) is 0 Å². The number of unbranched alkanes of at least 4 members (excludes halogenated alkanes) is 1. The van der Waals surface area contributed by atoms with Crippen molar-refractivity contribution in [3.05, 3.63) is 59.9 Å². The molecule has 1 heterocycles. The Morgan fingerprint density at radius 1 is 1.00 bits per heavy atom. The quantitative estimate of drug-likeness (QED) is 0.598. The number of benzene rings is 2. The second-order valence-corrected chi connectivity index (χ2v) is 6.38. The highest BCUT2D eigenvalue weighted by molar-refractivity contribution is 5.75. The van der Waals surface area contributed by atoms with Crippen LogP contribution in [0.25, 0.3) is 11.0 Å². The van der Waals surface area contributed by atoms with Crippen LogP contribution < -0.4 is 10.5 Å². The number of hydrogen-bond acceptors (Lipinski definition) is 3. The van der Waals surface area contributed by atoms with Crippen LogP contribution in [-0.2, 0) is 13.0 Å². The predicted molar refractivity (Wildman–Crippen MR) is 103 cm³/mol. The number of aryl methyl sites for hydroxylation is 3. The monoisotopic (exact) mass is 337 g/mol. The molecule has 4 nitrogen and oxygen atoms in total. The molecule has 0 radical (unpaired) electrons. The Bertz CT molecular complexity index is 810. The summed E-state index contributed by atoms with van der Waals surface area (Å²) in [6, 6.07) is 16.5. The lowest BCUT2D eigenvalue weighted by Gasteiger charge is -2.11. The average Bonchev–Trinajstić information content (AvgIpc) is 2.99. The van der Waals surface area contributed by atoms with Crippen LogP contribution in [0, 0.1) is 6.92 Å². The van der Waals surface area contributed by atoms with Gasteiger partial charge in [-0.15, -0.1) is 0 Å². The molecule has 0 spiro atoms. The summed E-state index contributed by atoms with van der Waals surface area (Å²) in [4.78, 5) is 4.78. The molecule has 0 saturated heterocycles. The molecule has 2 aromatic carbocycles. The summed E-state index contributed by atoms with van der Waals surface area (Å²) in [7, 11) is 0. The van der Waals surface area contributed by atoms with Gasteiger partial charge >= 0.3 is 0 Å². The van der Waals surface area contributed by atoms with E-state index >= 15 is 0 Å². The number of hydrogen-bond donors (Lipinski definition) is 1. The first-order chi connectivity index (χ1) is 12.3. The van der Waals surface area contributed by atoms with Crippen molar-refractivity contribution >= 4 is 11.0 Å². The minimum Gasteiger partial charge on any atom is -0.493 e. The Hall–Kier alpha value is -2.33. The molecular weight excluding hydrogens is 310 g/mol. The van der Waals surface area contributed by atoms with Crippen molar-refractivity contribution in [3.63, 3.8) is 0 Å². The summed E-state index contributed by atoms with van der Waals surface area (Å²) in [6.45, 7) is 4.50. The summed E-state index contributed by atoms with van der Waals surface area (Å²) >= 11 is 0.